The molecule has 0 atom stereocenters. The van der Waals surface area contributed by atoms with E-state index in [-0.39, 0.29) is 24.3 Å². The molecule has 0 radical (unpaired) electrons. The zero-order chi connectivity index (χ0) is 22.5. The maximum atomic E-state index is 12.7. The number of carbonyl (C=O) groups excluding carboxylic acids is 3. The largest absolute Gasteiger partial charge is 0.494 e. The molecule has 3 amide bonds. The highest BCUT2D eigenvalue weighted by molar-refractivity contribution is 6.34. The summed E-state index contributed by atoms with van der Waals surface area (Å²) in [6, 6.07) is 20.3. The summed E-state index contributed by atoms with van der Waals surface area (Å²) < 4.78 is 11.0. The van der Waals surface area contributed by atoms with E-state index in [2.05, 4.69) is 5.32 Å². The topological polar surface area (TPSA) is 84.9 Å². The third-order valence-corrected chi connectivity index (χ3v) is 4.85. The molecular weight excluding hydrogens is 408 g/mol. The first-order valence-electron chi connectivity index (χ1n) is 10.3. The highest BCUT2D eigenvalue weighted by Crippen LogP contribution is 2.29. The Morgan fingerprint density at radius 2 is 1.47 bits per heavy atom. The van der Waals surface area contributed by atoms with Crippen molar-refractivity contribution in [1.29, 1.82) is 0 Å². The van der Waals surface area contributed by atoms with Gasteiger partial charge in [-0.05, 0) is 61.0 Å². The molecule has 3 aromatic carbocycles. The Morgan fingerprint density at radius 3 is 2.09 bits per heavy atom. The number of amides is 3. The van der Waals surface area contributed by atoms with Crippen LogP contribution in [-0.2, 0) is 4.79 Å². The normalized spacial score (nSPS) is 12.5. The summed E-state index contributed by atoms with van der Waals surface area (Å²) in [7, 11) is 0. The van der Waals surface area contributed by atoms with Gasteiger partial charge in [-0.25, -0.2) is 4.90 Å². The molecule has 32 heavy (non-hydrogen) atoms. The smallest absolute Gasteiger partial charge is 0.266 e. The summed E-state index contributed by atoms with van der Waals surface area (Å²) in [5, 5.41) is 2.73. The molecule has 1 heterocycles. The summed E-state index contributed by atoms with van der Waals surface area (Å²) in [4.78, 5) is 38.8. The lowest BCUT2D eigenvalue weighted by atomic mass is 10.1. The molecule has 1 aliphatic rings. The third-order valence-electron chi connectivity index (χ3n) is 4.85. The van der Waals surface area contributed by atoms with Gasteiger partial charge in [0.25, 0.3) is 17.7 Å². The standard InChI is InChI=1S/C25H22N2O5/c1-2-14-31-19-10-12-20(13-11-19)32-16-23(28)26-17-6-5-7-18(15-17)27-24(29)21-8-3-4-9-22(21)25(27)30/h3-13,15H,2,14,16H2,1H3,(H,26,28). The molecular formula is C25H22N2O5. The first-order valence-corrected chi connectivity index (χ1v) is 10.3. The highest BCUT2D eigenvalue weighted by atomic mass is 16.5. The number of hydrogen-bond acceptors (Lipinski definition) is 5. The summed E-state index contributed by atoms with van der Waals surface area (Å²) in [6.45, 7) is 2.49. The minimum Gasteiger partial charge on any atom is -0.494 e. The molecule has 0 fully saturated rings. The molecule has 0 bridgehead atoms. The fraction of sp³-hybridized carbons (Fsp3) is 0.160. The van der Waals surface area contributed by atoms with Gasteiger partial charge in [0.15, 0.2) is 6.61 Å². The van der Waals surface area contributed by atoms with Crippen molar-refractivity contribution in [2.24, 2.45) is 0 Å². The van der Waals surface area contributed by atoms with Crippen molar-refractivity contribution in [3.8, 4) is 11.5 Å². The molecule has 0 spiro atoms. The van der Waals surface area contributed by atoms with Gasteiger partial charge in [-0.15, -0.1) is 0 Å². The van der Waals surface area contributed by atoms with Crippen LogP contribution in [0.4, 0.5) is 11.4 Å². The van der Waals surface area contributed by atoms with Crippen LogP contribution in [0.25, 0.3) is 0 Å². The van der Waals surface area contributed by atoms with Crippen molar-refractivity contribution >= 4 is 29.1 Å². The zero-order valence-electron chi connectivity index (χ0n) is 17.5. The van der Waals surface area contributed by atoms with Crippen LogP contribution in [-0.4, -0.2) is 30.9 Å². The number of nitrogens with one attached hydrogen (secondary N) is 1. The third kappa shape index (κ3) is 4.46. The van der Waals surface area contributed by atoms with Gasteiger partial charge in [0.1, 0.15) is 11.5 Å². The molecule has 7 heteroatoms. The lowest BCUT2D eigenvalue weighted by Gasteiger charge is -2.15. The van der Waals surface area contributed by atoms with Crippen LogP contribution in [0.2, 0.25) is 0 Å². The van der Waals surface area contributed by atoms with Gasteiger partial charge in [-0.2, -0.15) is 0 Å². The molecule has 0 saturated heterocycles. The first-order chi connectivity index (χ1) is 15.6. The van der Waals surface area contributed by atoms with Crippen molar-refractivity contribution in [2.75, 3.05) is 23.4 Å². The monoisotopic (exact) mass is 430 g/mol. The average Bonchev–Trinajstić information content (AvgIpc) is 3.07. The number of nitrogens with zero attached hydrogens (tertiary/aromatic N) is 1. The number of ether oxygens (including phenoxy) is 2. The van der Waals surface area contributed by atoms with Gasteiger partial charge < -0.3 is 14.8 Å². The molecule has 0 aromatic heterocycles. The van der Waals surface area contributed by atoms with E-state index in [0.717, 1.165) is 17.1 Å². The zero-order valence-corrected chi connectivity index (χ0v) is 17.5. The molecule has 1 aliphatic heterocycles. The summed E-state index contributed by atoms with van der Waals surface area (Å²) in [5.41, 5.74) is 1.58. The maximum absolute atomic E-state index is 12.7. The minimum atomic E-state index is -0.385. The highest BCUT2D eigenvalue weighted by Gasteiger charge is 2.36. The minimum absolute atomic E-state index is 0.188. The second-order valence-corrected chi connectivity index (χ2v) is 7.20. The van der Waals surface area contributed by atoms with Crippen LogP contribution in [0, 0.1) is 0 Å². The van der Waals surface area contributed by atoms with Crippen LogP contribution in [0.3, 0.4) is 0 Å². The van der Waals surface area contributed by atoms with E-state index in [4.69, 9.17) is 9.47 Å². The van der Waals surface area contributed by atoms with Crippen molar-refractivity contribution in [1.82, 2.24) is 0 Å². The number of fused-ring (bicyclic) bond motifs is 1. The number of rotatable bonds is 8. The van der Waals surface area contributed by atoms with Gasteiger partial charge in [0.2, 0.25) is 0 Å². The van der Waals surface area contributed by atoms with Crippen molar-refractivity contribution < 1.29 is 23.9 Å². The lowest BCUT2D eigenvalue weighted by molar-refractivity contribution is -0.118. The fourth-order valence-electron chi connectivity index (χ4n) is 3.34. The number of carbonyl (C=O) groups is 3. The van der Waals surface area contributed by atoms with Crippen LogP contribution < -0.4 is 19.7 Å². The lowest BCUT2D eigenvalue weighted by Crippen LogP contribution is -2.29. The van der Waals surface area contributed by atoms with Crippen LogP contribution >= 0.6 is 0 Å². The van der Waals surface area contributed by atoms with E-state index in [1.54, 1.807) is 72.8 Å². The van der Waals surface area contributed by atoms with Crippen LogP contribution in [0.1, 0.15) is 34.1 Å². The first kappa shape index (κ1) is 21.1. The second-order valence-electron chi connectivity index (χ2n) is 7.20. The number of hydrogen-bond donors (Lipinski definition) is 1. The van der Waals surface area contributed by atoms with E-state index in [1.807, 2.05) is 6.92 Å². The van der Waals surface area contributed by atoms with Crippen LogP contribution in [0.5, 0.6) is 11.5 Å². The van der Waals surface area contributed by atoms with E-state index < -0.39 is 0 Å². The molecule has 0 unspecified atom stereocenters. The molecule has 1 N–H and O–H groups in total. The van der Waals surface area contributed by atoms with Gasteiger partial charge in [-0.3, -0.25) is 14.4 Å². The number of imide groups is 1. The average molecular weight is 430 g/mol. The van der Waals surface area contributed by atoms with E-state index in [9.17, 15) is 14.4 Å². The molecule has 0 aliphatic carbocycles. The van der Waals surface area contributed by atoms with Gasteiger partial charge in [0, 0.05) is 5.69 Å². The maximum Gasteiger partial charge on any atom is 0.266 e. The number of anilines is 2. The summed E-state index contributed by atoms with van der Waals surface area (Å²) in [6.07, 6.45) is 0.923. The van der Waals surface area contributed by atoms with Gasteiger partial charge in [0.05, 0.1) is 23.4 Å². The van der Waals surface area contributed by atoms with Crippen molar-refractivity contribution in [2.45, 2.75) is 13.3 Å². The van der Waals surface area contributed by atoms with Crippen molar-refractivity contribution in [3.05, 3.63) is 83.9 Å². The predicted octanol–water partition coefficient (Wildman–Crippen LogP) is 4.29. The molecule has 162 valence electrons. The summed E-state index contributed by atoms with van der Waals surface area (Å²) in [5.74, 6) is 0.153. The second kappa shape index (κ2) is 9.34. The van der Waals surface area contributed by atoms with E-state index in [1.165, 1.54) is 0 Å². The quantitative estimate of drug-likeness (QED) is 0.539. The van der Waals surface area contributed by atoms with Crippen LogP contribution in [0.15, 0.2) is 72.8 Å². The Kier molecular flexibility index (Phi) is 6.17. The fourth-order valence-corrected chi connectivity index (χ4v) is 3.34. The number of benzene rings is 3. The Labute approximate surface area is 185 Å². The Morgan fingerprint density at radius 1 is 0.844 bits per heavy atom. The van der Waals surface area contributed by atoms with E-state index >= 15 is 0 Å². The van der Waals surface area contributed by atoms with Crippen molar-refractivity contribution in [3.63, 3.8) is 0 Å². The molecule has 3 aromatic rings. The summed E-state index contributed by atoms with van der Waals surface area (Å²) >= 11 is 0. The molecule has 7 nitrogen and oxygen atoms in total. The molecule has 4 rings (SSSR count). The Bertz CT molecular complexity index is 1120. The Balaban J connectivity index is 1.37. The van der Waals surface area contributed by atoms with Gasteiger partial charge in [-0.1, -0.05) is 25.1 Å². The predicted molar refractivity (Wildman–Crippen MR) is 120 cm³/mol. The molecule has 0 saturated carbocycles. The SMILES string of the molecule is CCCOc1ccc(OCC(=O)Nc2cccc(N3C(=O)c4ccccc4C3=O)c2)cc1. The Hall–Kier alpha value is -4.13. The van der Waals surface area contributed by atoms with E-state index in [0.29, 0.717) is 34.9 Å². The van der Waals surface area contributed by atoms with Gasteiger partial charge >= 0.3 is 0 Å².